The fourth-order valence-electron chi connectivity index (χ4n) is 1.74. The Morgan fingerprint density at radius 2 is 2.11 bits per heavy atom. The molecular formula is C11H20ClN3O3S. The second kappa shape index (κ2) is 5.78. The van der Waals surface area contributed by atoms with Crippen molar-refractivity contribution in [2.45, 2.75) is 38.3 Å². The number of halogens is 1. The maximum atomic E-state index is 12.3. The zero-order valence-electron chi connectivity index (χ0n) is 11.5. The molecule has 2 N–H and O–H groups in total. The van der Waals surface area contributed by atoms with Crippen molar-refractivity contribution in [1.82, 2.24) is 14.5 Å². The van der Waals surface area contributed by atoms with Gasteiger partial charge < -0.3 is 5.11 Å². The molecule has 0 aliphatic rings. The van der Waals surface area contributed by atoms with Crippen LogP contribution in [0.25, 0.3) is 0 Å². The lowest BCUT2D eigenvalue weighted by molar-refractivity contribution is 0.214. The van der Waals surface area contributed by atoms with E-state index in [-0.39, 0.29) is 22.1 Å². The van der Waals surface area contributed by atoms with Crippen LogP contribution in [-0.2, 0) is 17.1 Å². The smallest absolute Gasteiger partial charge is 0.259 e. The second-order valence-corrected chi connectivity index (χ2v) is 7.51. The maximum absolute atomic E-state index is 12.3. The molecule has 0 saturated heterocycles. The molecule has 1 rings (SSSR count). The molecule has 0 aromatic carbocycles. The molecule has 1 atom stereocenters. The van der Waals surface area contributed by atoms with E-state index < -0.39 is 16.1 Å². The minimum Gasteiger partial charge on any atom is -0.396 e. The molecular weight excluding hydrogens is 290 g/mol. The van der Waals surface area contributed by atoms with Gasteiger partial charge in [0.25, 0.3) is 10.0 Å². The van der Waals surface area contributed by atoms with E-state index in [4.69, 9.17) is 16.7 Å². The molecule has 0 saturated carbocycles. The third kappa shape index (κ3) is 3.92. The van der Waals surface area contributed by atoms with E-state index in [1.807, 2.05) is 20.8 Å². The monoisotopic (exact) mass is 309 g/mol. The van der Waals surface area contributed by atoms with Gasteiger partial charge in [-0.1, -0.05) is 32.4 Å². The van der Waals surface area contributed by atoms with Gasteiger partial charge in [0.2, 0.25) is 0 Å². The topological polar surface area (TPSA) is 84.2 Å². The Labute approximate surface area is 118 Å². The average Bonchev–Trinajstić information content (AvgIpc) is 2.56. The highest BCUT2D eigenvalue weighted by atomic mass is 35.5. The first-order valence-electron chi connectivity index (χ1n) is 5.90. The van der Waals surface area contributed by atoms with E-state index in [0.29, 0.717) is 6.42 Å². The highest BCUT2D eigenvalue weighted by Gasteiger charge is 2.31. The van der Waals surface area contributed by atoms with E-state index in [1.54, 1.807) is 0 Å². The minimum absolute atomic E-state index is 0.0682. The lowest BCUT2D eigenvalue weighted by Gasteiger charge is -2.30. The van der Waals surface area contributed by atoms with E-state index in [2.05, 4.69) is 9.82 Å². The van der Waals surface area contributed by atoms with Crippen molar-refractivity contribution in [3.05, 3.63) is 11.2 Å². The number of aliphatic hydroxyl groups excluding tert-OH is 1. The van der Waals surface area contributed by atoms with Crippen LogP contribution in [0.15, 0.2) is 11.2 Å². The van der Waals surface area contributed by atoms with Crippen molar-refractivity contribution >= 4 is 21.6 Å². The Morgan fingerprint density at radius 1 is 1.53 bits per heavy atom. The fourth-order valence-corrected chi connectivity index (χ4v) is 3.88. The van der Waals surface area contributed by atoms with E-state index in [1.165, 1.54) is 17.9 Å². The number of rotatable bonds is 5. The van der Waals surface area contributed by atoms with Crippen molar-refractivity contribution in [2.24, 2.45) is 12.5 Å². The quantitative estimate of drug-likeness (QED) is 0.854. The normalized spacial score (nSPS) is 14.6. The molecule has 1 unspecified atom stereocenters. The summed E-state index contributed by atoms with van der Waals surface area (Å²) in [5.74, 6) is 0. The summed E-state index contributed by atoms with van der Waals surface area (Å²) in [6, 6.07) is -0.395. The molecule has 0 amide bonds. The van der Waals surface area contributed by atoms with E-state index in [9.17, 15) is 8.42 Å². The summed E-state index contributed by atoms with van der Waals surface area (Å²) in [5.41, 5.74) is -0.319. The van der Waals surface area contributed by atoms with Gasteiger partial charge >= 0.3 is 0 Å². The number of aliphatic hydroxyl groups is 1. The predicted octanol–water partition coefficient (Wildman–Crippen LogP) is 1.15. The first-order valence-corrected chi connectivity index (χ1v) is 7.76. The molecule has 8 heteroatoms. The molecule has 0 fully saturated rings. The number of nitrogens with one attached hydrogen (secondary N) is 1. The Kier molecular flexibility index (Phi) is 5.00. The van der Waals surface area contributed by atoms with E-state index in [0.717, 1.165) is 0 Å². The second-order valence-electron chi connectivity index (χ2n) is 5.47. The highest BCUT2D eigenvalue weighted by Crippen LogP contribution is 2.25. The van der Waals surface area contributed by atoms with Crippen molar-refractivity contribution < 1.29 is 13.5 Å². The van der Waals surface area contributed by atoms with Crippen molar-refractivity contribution in [2.75, 3.05) is 6.61 Å². The molecule has 110 valence electrons. The van der Waals surface area contributed by atoms with Gasteiger partial charge in [0.15, 0.2) is 5.03 Å². The van der Waals surface area contributed by atoms with Gasteiger partial charge in [-0.25, -0.2) is 13.1 Å². The van der Waals surface area contributed by atoms with Crippen LogP contribution < -0.4 is 4.72 Å². The maximum Gasteiger partial charge on any atom is 0.259 e. The summed E-state index contributed by atoms with van der Waals surface area (Å²) < 4.78 is 28.5. The predicted molar refractivity (Wildman–Crippen MR) is 73.5 cm³/mol. The summed E-state index contributed by atoms with van der Waals surface area (Å²) in [5, 5.41) is 12.9. The molecule has 19 heavy (non-hydrogen) atoms. The summed E-state index contributed by atoms with van der Waals surface area (Å²) in [7, 11) is -2.26. The van der Waals surface area contributed by atoms with Crippen molar-refractivity contribution in [1.29, 1.82) is 0 Å². The van der Waals surface area contributed by atoms with Crippen molar-refractivity contribution in [3.8, 4) is 0 Å². The zero-order valence-corrected chi connectivity index (χ0v) is 13.1. The molecule has 0 radical (unpaired) electrons. The molecule has 0 aliphatic heterocycles. The molecule has 0 spiro atoms. The van der Waals surface area contributed by atoms with Crippen LogP contribution in [0.3, 0.4) is 0 Å². The Bertz CT molecular complexity index is 514. The van der Waals surface area contributed by atoms with Gasteiger partial charge in [-0.3, -0.25) is 4.68 Å². The third-order valence-electron chi connectivity index (χ3n) is 2.86. The summed E-state index contributed by atoms with van der Waals surface area (Å²) in [6.45, 7) is 5.62. The van der Waals surface area contributed by atoms with Crippen LogP contribution >= 0.6 is 11.6 Å². The Balaban J connectivity index is 3.08. The summed E-state index contributed by atoms with van der Waals surface area (Å²) >= 11 is 5.85. The molecule has 6 nitrogen and oxygen atoms in total. The van der Waals surface area contributed by atoms with Crippen molar-refractivity contribution in [3.63, 3.8) is 0 Å². The Morgan fingerprint density at radius 3 is 2.47 bits per heavy atom. The van der Waals surface area contributed by atoms with Gasteiger partial charge in [-0.2, -0.15) is 5.10 Å². The number of aromatic nitrogens is 2. The van der Waals surface area contributed by atoms with Gasteiger partial charge in [0.05, 0.1) is 11.2 Å². The lowest BCUT2D eigenvalue weighted by atomic mass is 9.86. The summed E-state index contributed by atoms with van der Waals surface area (Å²) in [6.07, 6.45) is 1.62. The molecule has 0 bridgehead atoms. The third-order valence-corrected chi connectivity index (χ3v) is 4.83. The van der Waals surface area contributed by atoms with Crippen LogP contribution in [0.2, 0.25) is 5.02 Å². The largest absolute Gasteiger partial charge is 0.396 e. The minimum atomic E-state index is -3.78. The molecule has 1 heterocycles. The van der Waals surface area contributed by atoms with Crippen LogP contribution in [0, 0.1) is 5.41 Å². The Hall–Kier alpha value is -0.630. The first kappa shape index (κ1) is 16.4. The van der Waals surface area contributed by atoms with Crippen LogP contribution in [0.1, 0.15) is 27.2 Å². The number of sulfonamides is 1. The SMILES string of the molecule is Cn1ncc(Cl)c1S(=O)(=O)NC(CCO)C(C)(C)C. The fraction of sp³-hybridized carbons (Fsp3) is 0.727. The van der Waals surface area contributed by atoms with Crippen LogP contribution in [0.5, 0.6) is 0 Å². The van der Waals surface area contributed by atoms with Gasteiger partial charge in [-0.15, -0.1) is 0 Å². The van der Waals surface area contributed by atoms with E-state index >= 15 is 0 Å². The zero-order chi connectivity index (χ0) is 14.8. The van der Waals surface area contributed by atoms with Crippen LogP contribution in [0.4, 0.5) is 0 Å². The molecule has 0 aliphatic carbocycles. The van der Waals surface area contributed by atoms with Gasteiger partial charge in [0, 0.05) is 19.7 Å². The van der Waals surface area contributed by atoms with Crippen LogP contribution in [-0.4, -0.2) is 36.0 Å². The highest BCUT2D eigenvalue weighted by molar-refractivity contribution is 7.89. The standard InChI is InChI=1S/C11H20ClN3O3S/c1-11(2,3)9(5-6-16)14-19(17,18)10-8(12)7-13-15(10)4/h7,9,14,16H,5-6H2,1-4H3. The van der Waals surface area contributed by atoms with Gasteiger partial charge in [-0.05, 0) is 11.8 Å². The molecule has 1 aromatic heterocycles. The lowest BCUT2D eigenvalue weighted by Crippen LogP contribution is -2.44. The average molecular weight is 310 g/mol. The van der Waals surface area contributed by atoms with Gasteiger partial charge in [0.1, 0.15) is 0 Å². The number of nitrogens with zero attached hydrogens (tertiary/aromatic N) is 2. The number of hydrogen-bond donors (Lipinski definition) is 2. The number of aryl methyl sites for hydroxylation is 1. The first-order chi connectivity index (χ1) is 8.59. The summed E-state index contributed by atoms with van der Waals surface area (Å²) in [4.78, 5) is 0. The molecule has 1 aromatic rings. The number of hydrogen-bond acceptors (Lipinski definition) is 4.